The summed E-state index contributed by atoms with van der Waals surface area (Å²) in [6.07, 6.45) is -0.124. The summed E-state index contributed by atoms with van der Waals surface area (Å²) >= 11 is 0. The van der Waals surface area contributed by atoms with Gasteiger partial charge in [-0.15, -0.1) is 0 Å². The molecule has 0 fully saturated rings. The molecule has 0 unspecified atom stereocenters. The highest BCUT2D eigenvalue weighted by Crippen LogP contribution is 2.15. The van der Waals surface area contributed by atoms with Crippen LogP contribution in [0.25, 0.3) is 0 Å². The lowest BCUT2D eigenvalue weighted by molar-refractivity contribution is -0.143. The number of ether oxygens (including phenoxy) is 2. The number of hydrogen-bond acceptors (Lipinski definition) is 5. The van der Waals surface area contributed by atoms with Gasteiger partial charge in [0.15, 0.2) is 6.61 Å². The third-order valence-corrected chi connectivity index (χ3v) is 2.67. The fraction of sp³-hybridized carbons (Fsp3) is 0.357. The van der Waals surface area contributed by atoms with Crippen molar-refractivity contribution in [1.82, 2.24) is 4.90 Å². The zero-order valence-corrected chi connectivity index (χ0v) is 11.9. The van der Waals surface area contributed by atoms with Crippen LogP contribution < -0.4 is 4.74 Å². The van der Waals surface area contributed by atoms with Crippen LogP contribution in [-0.4, -0.2) is 55.2 Å². The number of benzene rings is 1. The minimum atomic E-state index is -0.968. The van der Waals surface area contributed by atoms with Gasteiger partial charge in [-0.05, 0) is 18.2 Å². The molecule has 21 heavy (non-hydrogen) atoms. The molecule has 1 amide bonds. The number of esters is 1. The highest BCUT2D eigenvalue weighted by Gasteiger charge is 2.13. The molecule has 0 saturated carbocycles. The predicted octanol–water partition coefficient (Wildman–Crippen LogP) is 0.785. The van der Waals surface area contributed by atoms with Crippen molar-refractivity contribution in [3.63, 3.8) is 0 Å². The maximum Gasteiger partial charge on any atom is 0.343 e. The van der Waals surface area contributed by atoms with Crippen LogP contribution in [0.1, 0.15) is 16.8 Å². The number of aliphatic carboxylic acids is 1. The first-order chi connectivity index (χ1) is 9.93. The van der Waals surface area contributed by atoms with Gasteiger partial charge in [0.05, 0.1) is 13.5 Å². The molecule has 7 nitrogen and oxygen atoms in total. The molecule has 0 spiro atoms. The lowest BCUT2D eigenvalue weighted by Crippen LogP contribution is -2.29. The van der Waals surface area contributed by atoms with E-state index in [0.29, 0.717) is 11.3 Å². The van der Waals surface area contributed by atoms with Crippen LogP contribution in [0, 0.1) is 0 Å². The molecule has 1 N–H and O–H groups in total. The molecule has 0 atom stereocenters. The molecule has 0 aliphatic carbocycles. The van der Waals surface area contributed by atoms with Gasteiger partial charge in [-0.25, -0.2) is 4.79 Å². The number of hydrogen-bond donors (Lipinski definition) is 1. The Bertz CT molecular complexity index is 528. The van der Waals surface area contributed by atoms with Crippen LogP contribution in [0.4, 0.5) is 0 Å². The number of methoxy groups -OCH3 is 1. The Labute approximate surface area is 122 Å². The van der Waals surface area contributed by atoms with E-state index >= 15 is 0 Å². The molecule has 0 aliphatic rings. The van der Waals surface area contributed by atoms with Crippen LogP contribution in [0.5, 0.6) is 5.75 Å². The third-order valence-electron chi connectivity index (χ3n) is 2.67. The van der Waals surface area contributed by atoms with Gasteiger partial charge in [0.25, 0.3) is 5.91 Å². The van der Waals surface area contributed by atoms with Crippen molar-refractivity contribution in [2.24, 2.45) is 0 Å². The van der Waals surface area contributed by atoms with E-state index < -0.39 is 11.9 Å². The predicted molar refractivity (Wildman–Crippen MR) is 73.2 cm³/mol. The van der Waals surface area contributed by atoms with Gasteiger partial charge < -0.3 is 19.5 Å². The van der Waals surface area contributed by atoms with Gasteiger partial charge in [0.1, 0.15) is 5.75 Å². The van der Waals surface area contributed by atoms with Gasteiger partial charge in [-0.3, -0.25) is 9.59 Å². The second-order valence-electron chi connectivity index (χ2n) is 4.26. The Kier molecular flexibility index (Phi) is 6.19. The monoisotopic (exact) mass is 295 g/mol. The second-order valence-corrected chi connectivity index (χ2v) is 4.26. The molecule has 1 rings (SSSR count). The summed E-state index contributed by atoms with van der Waals surface area (Å²) in [5.41, 5.74) is 0.352. The summed E-state index contributed by atoms with van der Waals surface area (Å²) in [4.78, 5) is 34.9. The SMILES string of the molecule is COC(=O)COc1cccc(C(=O)N(C)CCC(=O)O)c1. The number of carbonyl (C=O) groups is 3. The van der Waals surface area contributed by atoms with E-state index in [9.17, 15) is 14.4 Å². The molecule has 0 aliphatic heterocycles. The molecule has 0 radical (unpaired) electrons. The maximum atomic E-state index is 12.1. The van der Waals surface area contributed by atoms with Crippen molar-refractivity contribution >= 4 is 17.8 Å². The largest absolute Gasteiger partial charge is 0.482 e. The molecule has 0 bridgehead atoms. The van der Waals surface area contributed by atoms with Crippen molar-refractivity contribution in [1.29, 1.82) is 0 Å². The van der Waals surface area contributed by atoms with E-state index in [4.69, 9.17) is 9.84 Å². The van der Waals surface area contributed by atoms with Crippen LogP contribution in [0.2, 0.25) is 0 Å². The average Bonchev–Trinajstić information content (AvgIpc) is 2.49. The van der Waals surface area contributed by atoms with Crippen LogP contribution in [-0.2, 0) is 14.3 Å². The molecule has 0 aromatic heterocycles. The molecule has 0 heterocycles. The number of amides is 1. The maximum absolute atomic E-state index is 12.1. The fourth-order valence-corrected chi connectivity index (χ4v) is 1.51. The van der Waals surface area contributed by atoms with E-state index in [-0.39, 0.29) is 25.5 Å². The first-order valence-corrected chi connectivity index (χ1v) is 6.21. The Morgan fingerprint density at radius 1 is 1.29 bits per heavy atom. The summed E-state index contributed by atoms with van der Waals surface area (Å²) < 4.78 is 9.64. The van der Waals surface area contributed by atoms with Gasteiger partial charge in [0.2, 0.25) is 0 Å². The van der Waals surface area contributed by atoms with Crippen molar-refractivity contribution < 1.29 is 29.0 Å². The fourth-order valence-electron chi connectivity index (χ4n) is 1.51. The van der Waals surface area contributed by atoms with Gasteiger partial charge >= 0.3 is 11.9 Å². The van der Waals surface area contributed by atoms with Crippen molar-refractivity contribution in [2.75, 3.05) is 27.3 Å². The zero-order chi connectivity index (χ0) is 15.8. The summed E-state index contributed by atoms with van der Waals surface area (Å²) in [5.74, 6) is -1.45. The molecule has 114 valence electrons. The zero-order valence-electron chi connectivity index (χ0n) is 11.9. The highest BCUT2D eigenvalue weighted by molar-refractivity contribution is 5.94. The molecule has 1 aromatic rings. The molecular formula is C14H17NO6. The second kappa shape index (κ2) is 7.88. The van der Waals surface area contributed by atoms with E-state index in [1.807, 2.05) is 0 Å². The number of carbonyl (C=O) groups excluding carboxylic acids is 2. The number of carboxylic acid groups (broad SMARTS) is 1. The summed E-state index contributed by atoms with van der Waals surface area (Å²) in [5, 5.41) is 8.60. The standard InChI is InChI=1S/C14H17NO6/c1-15(7-6-12(16)17)14(19)10-4-3-5-11(8-10)21-9-13(18)20-2/h3-5,8H,6-7,9H2,1-2H3,(H,16,17). The van der Waals surface area contributed by atoms with E-state index in [2.05, 4.69) is 4.74 Å². The smallest absolute Gasteiger partial charge is 0.343 e. The van der Waals surface area contributed by atoms with E-state index in [0.717, 1.165) is 0 Å². The van der Waals surface area contributed by atoms with Crippen molar-refractivity contribution in [2.45, 2.75) is 6.42 Å². The first-order valence-electron chi connectivity index (χ1n) is 6.21. The number of carboxylic acids is 1. The van der Waals surface area contributed by atoms with Crippen molar-refractivity contribution in [3.05, 3.63) is 29.8 Å². The lowest BCUT2D eigenvalue weighted by Gasteiger charge is -2.16. The lowest BCUT2D eigenvalue weighted by atomic mass is 10.2. The topological polar surface area (TPSA) is 93.1 Å². The molecule has 1 aromatic carbocycles. The molecule has 0 saturated heterocycles. The number of nitrogens with zero attached hydrogens (tertiary/aromatic N) is 1. The van der Waals surface area contributed by atoms with Crippen LogP contribution in [0.3, 0.4) is 0 Å². The summed E-state index contributed by atoms with van der Waals surface area (Å²) in [7, 11) is 2.77. The minimum Gasteiger partial charge on any atom is -0.482 e. The Hall–Kier alpha value is -2.57. The van der Waals surface area contributed by atoms with Crippen LogP contribution >= 0.6 is 0 Å². The van der Waals surface area contributed by atoms with Crippen LogP contribution in [0.15, 0.2) is 24.3 Å². The van der Waals surface area contributed by atoms with Gasteiger partial charge in [-0.2, -0.15) is 0 Å². The first kappa shape index (κ1) is 16.5. The summed E-state index contributed by atoms with van der Waals surface area (Å²) in [6.45, 7) is -0.135. The Balaban J connectivity index is 2.68. The Morgan fingerprint density at radius 3 is 2.62 bits per heavy atom. The molecular weight excluding hydrogens is 278 g/mol. The highest BCUT2D eigenvalue weighted by atomic mass is 16.6. The summed E-state index contributed by atoms with van der Waals surface area (Å²) in [6, 6.07) is 6.30. The quantitative estimate of drug-likeness (QED) is 0.747. The Morgan fingerprint density at radius 2 is 2.00 bits per heavy atom. The van der Waals surface area contributed by atoms with Gasteiger partial charge in [-0.1, -0.05) is 6.07 Å². The van der Waals surface area contributed by atoms with E-state index in [1.54, 1.807) is 18.2 Å². The number of rotatable bonds is 7. The van der Waals surface area contributed by atoms with Crippen molar-refractivity contribution in [3.8, 4) is 5.75 Å². The molecule has 7 heteroatoms. The third kappa shape index (κ3) is 5.52. The average molecular weight is 295 g/mol. The van der Waals surface area contributed by atoms with E-state index in [1.165, 1.54) is 25.1 Å². The minimum absolute atomic E-state index is 0.113. The normalized spacial score (nSPS) is 9.81. The van der Waals surface area contributed by atoms with Gasteiger partial charge in [0, 0.05) is 19.2 Å².